The Hall–Kier alpha value is -3.32. The second kappa shape index (κ2) is 9.22. The summed E-state index contributed by atoms with van der Waals surface area (Å²) in [5.41, 5.74) is 2.77. The van der Waals surface area contributed by atoms with Gasteiger partial charge in [0.05, 0.1) is 6.04 Å². The van der Waals surface area contributed by atoms with Gasteiger partial charge in [0, 0.05) is 37.8 Å². The summed E-state index contributed by atoms with van der Waals surface area (Å²) in [4.78, 5) is 21.1. The summed E-state index contributed by atoms with van der Waals surface area (Å²) in [6.45, 7) is 6.71. The summed E-state index contributed by atoms with van der Waals surface area (Å²) >= 11 is 0. The molecule has 0 radical (unpaired) electrons. The van der Waals surface area contributed by atoms with Crippen molar-refractivity contribution in [1.82, 2.24) is 19.9 Å². The molecule has 160 valence electrons. The molecule has 0 bridgehead atoms. The van der Waals surface area contributed by atoms with Gasteiger partial charge in [0.2, 0.25) is 17.6 Å². The van der Waals surface area contributed by atoms with Crippen LogP contribution in [0.15, 0.2) is 59.1 Å². The van der Waals surface area contributed by atoms with E-state index in [1.54, 1.807) is 23.1 Å². The molecule has 6 nitrogen and oxygen atoms in total. The average molecular weight is 420 g/mol. The predicted octanol–water partition coefficient (Wildman–Crippen LogP) is 4.10. The van der Waals surface area contributed by atoms with Crippen molar-refractivity contribution in [3.63, 3.8) is 0 Å². The Morgan fingerprint density at radius 2 is 1.87 bits per heavy atom. The van der Waals surface area contributed by atoms with E-state index in [1.807, 2.05) is 38.1 Å². The van der Waals surface area contributed by atoms with Crippen molar-refractivity contribution in [2.24, 2.45) is 0 Å². The zero-order chi connectivity index (χ0) is 21.8. The maximum absolute atomic E-state index is 13.3. The summed E-state index contributed by atoms with van der Waals surface area (Å²) < 4.78 is 18.8. The van der Waals surface area contributed by atoms with Crippen molar-refractivity contribution >= 4 is 12.0 Å². The molecule has 2 heterocycles. The smallest absolute Gasteiger partial charge is 0.246 e. The van der Waals surface area contributed by atoms with E-state index in [0.717, 1.165) is 5.56 Å². The van der Waals surface area contributed by atoms with E-state index in [1.165, 1.54) is 23.8 Å². The Bertz CT molecular complexity index is 1070. The Balaban J connectivity index is 1.33. The first-order valence-electron chi connectivity index (χ1n) is 10.4. The van der Waals surface area contributed by atoms with Crippen LogP contribution in [0.3, 0.4) is 0 Å². The number of halogens is 1. The summed E-state index contributed by atoms with van der Waals surface area (Å²) in [6.07, 6.45) is 3.14. The summed E-state index contributed by atoms with van der Waals surface area (Å²) in [7, 11) is 0. The molecular formula is C24H25FN4O2. The fourth-order valence-corrected chi connectivity index (χ4v) is 3.59. The lowest BCUT2D eigenvalue weighted by molar-refractivity contribution is -0.128. The number of amides is 1. The van der Waals surface area contributed by atoms with Crippen LogP contribution < -0.4 is 0 Å². The van der Waals surface area contributed by atoms with Crippen molar-refractivity contribution in [1.29, 1.82) is 0 Å². The molecule has 2 aromatic carbocycles. The van der Waals surface area contributed by atoms with Gasteiger partial charge in [0.1, 0.15) is 5.82 Å². The lowest BCUT2D eigenvalue weighted by Crippen LogP contribution is -2.48. The van der Waals surface area contributed by atoms with Crippen molar-refractivity contribution in [2.45, 2.75) is 19.9 Å². The number of benzene rings is 2. The van der Waals surface area contributed by atoms with E-state index in [-0.39, 0.29) is 17.8 Å². The number of nitrogens with zero attached hydrogens (tertiary/aromatic N) is 4. The molecule has 0 spiro atoms. The highest BCUT2D eigenvalue weighted by molar-refractivity contribution is 5.91. The second-order valence-corrected chi connectivity index (χ2v) is 7.75. The van der Waals surface area contributed by atoms with Gasteiger partial charge >= 0.3 is 0 Å². The van der Waals surface area contributed by atoms with Crippen LogP contribution in [0.4, 0.5) is 4.39 Å². The molecule has 0 aliphatic carbocycles. The van der Waals surface area contributed by atoms with Gasteiger partial charge in [-0.15, -0.1) is 0 Å². The molecule has 1 amide bonds. The third kappa shape index (κ3) is 5.06. The summed E-state index contributed by atoms with van der Waals surface area (Å²) in [5, 5.41) is 4.12. The zero-order valence-corrected chi connectivity index (χ0v) is 17.7. The molecule has 1 aliphatic heterocycles. The Morgan fingerprint density at radius 1 is 1.13 bits per heavy atom. The Labute approximate surface area is 181 Å². The lowest BCUT2D eigenvalue weighted by atomic mass is 10.1. The highest BCUT2D eigenvalue weighted by Gasteiger charge is 2.27. The fraction of sp³-hybridized carbons (Fsp3) is 0.292. The molecule has 3 aromatic rings. The van der Waals surface area contributed by atoms with E-state index in [9.17, 15) is 9.18 Å². The first kappa shape index (κ1) is 20.9. The molecule has 1 fully saturated rings. The highest BCUT2D eigenvalue weighted by atomic mass is 19.1. The average Bonchev–Trinajstić information content (AvgIpc) is 3.28. The van der Waals surface area contributed by atoms with Gasteiger partial charge in [0.25, 0.3) is 0 Å². The first-order chi connectivity index (χ1) is 15.0. The van der Waals surface area contributed by atoms with Crippen LogP contribution in [-0.4, -0.2) is 52.0 Å². The SMILES string of the molecule is Cc1ccc(-c2noc(C(C)N3CCN(C(=O)/C=C/c4cccc(F)c4)CC3)n2)cc1. The van der Waals surface area contributed by atoms with Crippen LogP contribution in [0.25, 0.3) is 17.5 Å². The van der Waals surface area contributed by atoms with Crippen LogP contribution in [0.2, 0.25) is 0 Å². The molecule has 4 rings (SSSR count). The van der Waals surface area contributed by atoms with E-state index in [0.29, 0.717) is 43.5 Å². The van der Waals surface area contributed by atoms with Crippen LogP contribution in [0.1, 0.15) is 30.0 Å². The number of carbonyl (C=O) groups is 1. The maximum Gasteiger partial charge on any atom is 0.246 e. The molecule has 7 heteroatoms. The third-order valence-corrected chi connectivity index (χ3v) is 5.55. The second-order valence-electron chi connectivity index (χ2n) is 7.75. The lowest BCUT2D eigenvalue weighted by Gasteiger charge is -2.36. The van der Waals surface area contributed by atoms with Gasteiger partial charge in [-0.05, 0) is 37.6 Å². The molecule has 0 N–H and O–H groups in total. The number of hydrogen-bond acceptors (Lipinski definition) is 5. The minimum absolute atomic E-state index is 0.0354. The molecule has 1 aromatic heterocycles. The largest absolute Gasteiger partial charge is 0.337 e. The molecule has 1 aliphatic rings. The third-order valence-electron chi connectivity index (χ3n) is 5.55. The van der Waals surface area contributed by atoms with Crippen LogP contribution >= 0.6 is 0 Å². The van der Waals surface area contributed by atoms with Gasteiger partial charge in [-0.1, -0.05) is 47.1 Å². The van der Waals surface area contributed by atoms with E-state index in [2.05, 4.69) is 15.0 Å². The molecule has 1 saturated heterocycles. The zero-order valence-electron chi connectivity index (χ0n) is 17.7. The number of rotatable bonds is 5. The number of hydrogen-bond donors (Lipinski definition) is 0. The van der Waals surface area contributed by atoms with Crippen molar-refractivity contribution in [3.05, 3.63) is 77.4 Å². The molecule has 0 saturated carbocycles. The Kier molecular flexibility index (Phi) is 6.23. The van der Waals surface area contributed by atoms with Crippen LogP contribution in [-0.2, 0) is 4.79 Å². The molecular weight excluding hydrogens is 395 g/mol. The number of aryl methyl sites for hydroxylation is 1. The minimum atomic E-state index is -0.316. The van der Waals surface area contributed by atoms with Crippen molar-refractivity contribution in [3.8, 4) is 11.4 Å². The van der Waals surface area contributed by atoms with E-state index >= 15 is 0 Å². The number of carbonyl (C=O) groups excluding carboxylic acids is 1. The summed E-state index contributed by atoms with van der Waals surface area (Å²) in [6, 6.07) is 14.1. The highest BCUT2D eigenvalue weighted by Crippen LogP contribution is 2.24. The number of piperazine rings is 1. The van der Waals surface area contributed by atoms with Gasteiger partial charge in [-0.2, -0.15) is 4.98 Å². The maximum atomic E-state index is 13.3. The van der Waals surface area contributed by atoms with Crippen LogP contribution in [0.5, 0.6) is 0 Å². The topological polar surface area (TPSA) is 62.5 Å². The fourth-order valence-electron chi connectivity index (χ4n) is 3.59. The molecule has 31 heavy (non-hydrogen) atoms. The van der Waals surface area contributed by atoms with Gasteiger partial charge < -0.3 is 9.42 Å². The first-order valence-corrected chi connectivity index (χ1v) is 10.4. The van der Waals surface area contributed by atoms with Gasteiger partial charge in [-0.25, -0.2) is 4.39 Å². The monoisotopic (exact) mass is 420 g/mol. The van der Waals surface area contributed by atoms with Crippen molar-refractivity contribution in [2.75, 3.05) is 26.2 Å². The van der Waals surface area contributed by atoms with Crippen LogP contribution in [0, 0.1) is 12.7 Å². The van der Waals surface area contributed by atoms with E-state index < -0.39 is 0 Å². The van der Waals surface area contributed by atoms with E-state index in [4.69, 9.17) is 4.52 Å². The standard InChI is InChI=1S/C24H25FN4O2/c1-17-6-9-20(10-7-17)23-26-24(31-27-23)18(2)28-12-14-29(15-13-28)22(30)11-8-19-4-3-5-21(25)16-19/h3-11,16,18H,12-15H2,1-2H3/b11-8+. The van der Waals surface area contributed by atoms with Crippen molar-refractivity contribution < 1.29 is 13.7 Å². The quantitative estimate of drug-likeness (QED) is 0.582. The molecule has 1 unspecified atom stereocenters. The predicted molar refractivity (Wildman–Crippen MR) is 116 cm³/mol. The summed E-state index contributed by atoms with van der Waals surface area (Å²) in [5.74, 6) is 0.763. The normalized spacial score (nSPS) is 16.0. The molecule has 1 atom stereocenters. The Morgan fingerprint density at radius 3 is 2.58 bits per heavy atom. The minimum Gasteiger partial charge on any atom is -0.337 e. The van der Waals surface area contributed by atoms with Gasteiger partial charge in [0.15, 0.2) is 0 Å². The van der Waals surface area contributed by atoms with Gasteiger partial charge in [-0.3, -0.25) is 9.69 Å². The number of aromatic nitrogens is 2.